The molecule has 0 unspecified atom stereocenters. The molecule has 4 aliphatic rings. The molecule has 11 nitrogen and oxygen atoms in total. The Labute approximate surface area is 271 Å². The van der Waals surface area contributed by atoms with E-state index in [1.807, 2.05) is 0 Å². The maximum Gasteiger partial charge on any atom is 0.409 e. The molecule has 4 aliphatic heterocycles. The summed E-state index contributed by atoms with van der Waals surface area (Å²) in [5.74, 6) is 0.943. The lowest BCUT2D eigenvalue weighted by atomic mass is 9.99. The van der Waals surface area contributed by atoms with Crippen LogP contribution in [0.1, 0.15) is 36.1 Å². The maximum absolute atomic E-state index is 12.0. The number of aryl methyl sites for hydroxylation is 1. The van der Waals surface area contributed by atoms with Gasteiger partial charge in [-0.15, -0.1) is 0 Å². The Hall–Kier alpha value is -4.14. The predicted octanol–water partition coefficient (Wildman–Crippen LogP) is 3.83. The Morgan fingerprint density at radius 1 is 1.02 bits per heavy atom. The number of piperazine rings is 1. The molecule has 3 saturated heterocycles. The minimum Gasteiger partial charge on any atom is -0.462 e. The molecule has 1 amide bonds. The van der Waals surface area contributed by atoms with Crippen molar-refractivity contribution in [3.8, 4) is 12.1 Å². The van der Waals surface area contributed by atoms with Gasteiger partial charge in [0.15, 0.2) is 0 Å². The highest BCUT2D eigenvalue weighted by atomic mass is 16.5. The van der Waals surface area contributed by atoms with Crippen LogP contribution in [0.3, 0.4) is 0 Å². The van der Waals surface area contributed by atoms with E-state index in [2.05, 4.69) is 76.0 Å². The fourth-order valence-corrected chi connectivity index (χ4v) is 7.62. The van der Waals surface area contributed by atoms with E-state index in [9.17, 15) is 10.1 Å². The van der Waals surface area contributed by atoms with E-state index in [1.165, 1.54) is 41.1 Å². The van der Waals surface area contributed by atoms with E-state index in [1.54, 1.807) is 4.90 Å². The number of nitriles is 1. The first kappa shape index (κ1) is 30.5. The van der Waals surface area contributed by atoms with Crippen LogP contribution in [0.5, 0.6) is 6.01 Å². The first-order valence-corrected chi connectivity index (χ1v) is 16.6. The summed E-state index contributed by atoms with van der Waals surface area (Å²) >= 11 is 0. The second kappa shape index (κ2) is 12.9. The van der Waals surface area contributed by atoms with E-state index >= 15 is 0 Å². The summed E-state index contributed by atoms with van der Waals surface area (Å²) in [7, 11) is 3.58. The third-order valence-electron chi connectivity index (χ3n) is 10.3. The number of nitrogens with zero attached hydrogens (tertiary/aromatic N) is 8. The first-order chi connectivity index (χ1) is 22.4. The van der Waals surface area contributed by atoms with Crippen LogP contribution in [0.2, 0.25) is 0 Å². The summed E-state index contributed by atoms with van der Waals surface area (Å²) in [4.78, 5) is 33.4. The van der Waals surface area contributed by atoms with Gasteiger partial charge in [0, 0.05) is 68.0 Å². The number of carbonyl (C=O) groups is 1. The van der Waals surface area contributed by atoms with Crippen LogP contribution in [-0.4, -0.2) is 115 Å². The average molecular weight is 625 g/mol. The van der Waals surface area contributed by atoms with Gasteiger partial charge < -0.3 is 29.1 Å². The highest BCUT2D eigenvalue weighted by Crippen LogP contribution is 2.36. The third kappa shape index (κ3) is 6.04. The Kier molecular flexibility index (Phi) is 8.58. The zero-order chi connectivity index (χ0) is 31.8. The van der Waals surface area contributed by atoms with Crippen LogP contribution >= 0.6 is 0 Å². The number of anilines is 2. The molecule has 0 N–H and O–H groups in total. The fourth-order valence-electron chi connectivity index (χ4n) is 7.62. The number of hydrogen-bond donors (Lipinski definition) is 0. The molecule has 11 heteroatoms. The Bertz CT molecular complexity index is 1640. The molecule has 3 atom stereocenters. The number of fused-ring (bicyclic) bond motifs is 2. The summed E-state index contributed by atoms with van der Waals surface area (Å²) in [6.45, 7) is 9.13. The smallest absolute Gasteiger partial charge is 0.409 e. The molecule has 0 saturated carbocycles. The largest absolute Gasteiger partial charge is 0.462 e. The van der Waals surface area contributed by atoms with Gasteiger partial charge in [0.1, 0.15) is 12.4 Å². The number of amides is 1. The van der Waals surface area contributed by atoms with Crippen molar-refractivity contribution in [1.82, 2.24) is 24.7 Å². The molecule has 242 valence electrons. The predicted molar refractivity (Wildman–Crippen MR) is 177 cm³/mol. The fraction of sp³-hybridized carbons (Fsp3) is 0.543. The number of ether oxygens (including phenoxy) is 2. The average Bonchev–Trinajstić information content (AvgIpc) is 3.72. The van der Waals surface area contributed by atoms with Gasteiger partial charge in [-0.3, -0.25) is 4.90 Å². The highest BCUT2D eigenvalue weighted by molar-refractivity contribution is 5.97. The van der Waals surface area contributed by atoms with Crippen molar-refractivity contribution in [2.24, 2.45) is 0 Å². The lowest BCUT2D eigenvalue weighted by molar-refractivity contribution is 0.142. The molecule has 1 aromatic heterocycles. The second-order valence-electron chi connectivity index (χ2n) is 13.2. The van der Waals surface area contributed by atoms with Gasteiger partial charge in [0.25, 0.3) is 0 Å². The number of hydrogen-bond acceptors (Lipinski definition) is 10. The van der Waals surface area contributed by atoms with Crippen LogP contribution < -0.4 is 14.5 Å². The summed E-state index contributed by atoms with van der Waals surface area (Å²) in [5, 5.41) is 12.3. The van der Waals surface area contributed by atoms with Crippen LogP contribution in [0.4, 0.5) is 16.3 Å². The van der Waals surface area contributed by atoms with Gasteiger partial charge in [-0.05, 0) is 56.8 Å². The van der Waals surface area contributed by atoms with E-state index in [-0.39, 0.29) is 18.2 Å². The van der Waals surface area contributed by atoms with Gasteiger partial charge in [-0.25, -0.2) is 4.79 Å². The first-order valence-electron chi connectivity index (χ1n) is 16.6. The Balaban J connectivity index is 1.16. The van der Waals surface area contributed by atoms with Gasteiger partial charge >= 0.3 is 12.1 Å². The lowest BCUT2D eigenvalue weighted by Crippen LogP contribution is -2.55. The number of rotatable bonds is 8. The van der Waals surface area contributed by atoms with Crippen LogP contribution in [0, 0.1) is 18.3 Å². The van der Waals surface area contributed by atoms with Crippen molar-refractivity contribution in [1.29, 1.82) is 5.26 Å². The molecule has 0 bridgehead atoms. The standard InChI is InChI=1S/C35H44N8O3/c1-24-7-4-8-25-9-5-11-31(32(24)25)41-16-13-29-30(22-41)37-34(46-23-27-10-6-15-39(27)2)38-33(29)42-18-17-40(26(19-42)12-14-36)20-28-21-43(28)35(44)45-3/h4-5,7-9,11,26-28H,6,10,12-13,15-23H2,1-3H3/t26-,27-,28-,43?/m0/s1. The summed E-state index contributed by atoms with van der Waals surface area (Å²) in [6.07, 6.45) is 3.27. The highest BCUT2D eigenvalue weighted by Gasteiger charge is 2.42. The van der Waals surface area contributed by atoms with Crippen LogP contribution in [0.25, 0.3) is 10.8 Å². The van der Waals surface area contributed by atoms with Crippen LogP contribution in [-0.2, 0) is 17.7 Å². The Morgan fingerprint density at radius 2 is 1.87 bits per heavy atom. The van der Waals surface area contributed by atoms with Crippen molar-refractivity contribution in [3.63, 3.8) is 0 Å². The number of likely N-dealkylation sites (tertiary alicyclic amines) is 1. The van der Waals surface area contributed by atoms with Crippen molar-refractivity contribution in [2.75, 3.05) is 76.4 Å². The number of methoxy groups -OCH3 is 1. The molecule has 3 aromatic rings. The molecule has 7 rings (SSSR count). The van der Waals surface area contributed by atoms with Crippen molar-refractivity contribution in [2.45, 2.75) is 57.3 Å². The van der Waals surface area contributed by atoms with Gasteiger partial charge in [-0.1, -0.05) is 30.3 Å². The molecule has 2 aromatic carbocycles. The molecule has 0 spiro atoms. The summed E-state index contributed by atoms with van der Waals surface area (Å²) < 4.78 is 11.3. The molecular weight excluding hydrogens is 580 g/mol. The zero-order valence-corrected chi connectivity index (χ0v) is 27.2. The van der Waals surface area contributed by atoms with E-state index in [0.29, 0.717) is 44.7 Å². The molecule has 0 aliphatic carbocycles. The number of likely N-dealkylation sites (N-methyl/N-ethyl adjacent to an activating group) is 1. The summed E-state index contributed by atoms with van der Waals surface area (Å²) in [5.41, 5.74) is 4.71. The summed E-state index contributed by atoms with van der Waals surface area (Å²) in [6, 6.07) is 16.4. The van der Waals surface area contributed by atoms with E-state index in [4.69, 9.17) is 19.4 Å². The third-order valence-corrected chi connectivity index (χ3v) is 10.3. The maximum atomic E-state index is 12.0. The SMILES string of the molecule is COC(=O)N1C[C@@H]1CN1CCN(c2nc(OC[C@@H]3CCCN3C)nc3c2CCN(c2cccc4cccc(C)c24)C3)C[C@@H]1CC#N. The minimum absolute atomic E-state index is 0.0414. The van der Waals surface area contributed by atoms with Crippen molar-refractivity contribution >= 4 is 28.4 Å². The second-order valence-corrected chi connectivity index (χ2v) is 13.2. The van der Waals surface area contributed by atoms with Gasteiger partial charge in [0.05, 0.1) is 37.9 Å². The monoisotopic (exact) mass is 624 g/mol. The quantitative estimate of drug-likeness (QED) is 0.344. The van der Waals surface area contributed by atoms with E-state index in [0.717, 1.165) is 57.1 Å². The zero-order valence-electron chi connectivity index (χ0n) is 27.2. The molecule has 5 heterocycles. The molecule has 46 heavy (non-hydrogen) atoms. The number of benzene rings is 2. The van der Waals surface area contributed by atoms with Crippen molar-refractivity contribution < 1.29 is 14.3 Å². The Morgan fingerprint density at radius 3 is 2.65 bits per heavy atom. The topological polar surface area (TPSA) is 101 Å². The van der Waals surface area contributed by atoms with E-state index < -0.39 is 0 Å². The van der Waals surface area contributed by atoms with Crippen molar-refractivity contribution in [3.05, 3.63) is 53.2 Å². The molecule has 0 radical (unpaired) electrons. The molecule has 3 fully saturated rings. The number of aromatic nitrogens is 2. The lowest BCUT2D eigenvalue weighted by Gasteiger charge is -2.42. The van der Waals surface area contributed by atoms with Gasteiger partial charge in [0.2, 0.25) is 0 Å². The van der Waals surface area contributed by atoms with Crippen LogP contribution in [0.15, 0.2) is 36.4 Å². The normalized spacial score (nSPS) is 23.3. The molecular formula is C35H44N8O3. The van der Waals surface area contributed by atoms with Gasteiger partial charge in [-0.2, -0.15) is 15.2 Å². The minimum atomic E-state index is -0.280. The number of carbonyl (C=O) groups excluding carboxylic acids is 1.